The third kappa shape index (κ3) is 6.84. The van der Waals surface area contributed by atoms with Gasteiger partial charge >= 0.3 is 0 Å². The Balaban J connectivity index is 1.35. The highest BCUT2D eigenvalue weighted by molar-refractivity contribution is 7.90. The fraction of sp³-hybridized carbons (Fsp3) is 0.219. The van der Waals surface area contributed by atoms with E-state index in [9.17, 15) is 22.8 Å². The molecule has 5 rings (SSSR count). The molecule has 1 heterocycles. The normalized spacial score (nSPS) is 14.7. The minimum Gasteiger partial charge on any atom is -0.339 e. The van der Waals surface area contributed by atoms with Crippen LogP contribution in [0.1, 0.15) is 15.9 Å². The van der Waals surface area contributed by atoms with E-state index in [-0.39, 0.29) is 17.2 Å². The van der Waals surface area contributed by atoms with Crippen LogP contribution < -0.4 is 10.0 Å². The molecular formula is C32H32N4O5S. The van der Waals surface area contributed by atoms with Crippen LogP contribution in [0.25, 0.3) is 10.8 Å². The van der Waals surface area contributed by atoms with Crippen LogP contribution in [0, 0.1) is 5.92 Å². The number of fused-ring (bicyclic) bond motifs is 1. The Labute approximate surface area is 245 Å². The van der Waals surface area contributed by atoms with Crippen LogP contribution in [-0.4, -0.2) is 69.2 Å². The van der Waals surface area contributed by atoms with Crippen molar-refractivity contribution < 1.29 is 22.8 Å². The summed E-state index contributed by atoms with van der Waals surface area (Å²) in [5.41, 5.74) is 1.72. The number of carbonyl (C=O) groups is 3. The van der Waals surface area contributed by atoms with E-state index < -0.39 is 27.8 Å². The van der Waals surface area contributed by atoms with Crippen LogP contribution in [0.3, 0.4) is 0 Å². The van der Waals surface area contributed by atoms with Gasteiger partial charge in [-0.3, -0.25) is 14.4 Å². The maximum absolute atomic E-state index is 13.6. The number of hydrogen-bond acceptors (Lipinski definition) is 6. The van der Waals surface area contributed by atoms with E-state index in [2.05, 4.69) is 14.9 Å². The smallest absolute Gasteiger partial charge is 0.264 e. The van der Waals surface area contributed by atoms with Gasteiger partial charge in [-0.15, -0.1) is 0 Å². The Morgan fingerprint density at radius 2 is 1.43 bits per heavy atom. The first-order valence-corrected chi connectivity index (χ1v) is 15.2. The highest BCUT2D eigenvalue weighted by Gasteiger charge is 2.34. The molecule has 2 N–H and O–H groups in total. The SMILES string of the molecule is CN1CCN(C(=O)C(Cc2ccc(NC(=O)c3ccccc3)cc2)C(=O)NS(=O)(=O)c2ccc3ccccc3c2)CC1. The third-order valence-corrected chi connectivity index (χ3v) is 8.73. The van der Waals surface area contributed by atoms with Gasteiger partial charge in [-0.2, -0.15) is 0 Å². The van der Waals surface area contributed by atoms with Crippen molar-refractivity contribution in [3.63, 3.8) is 0 Å². The Hall–Kier alpha value is -4.54. The van der Waals surface area contributed by atoms with Gasteiger partial charge in [-0.1, -0.05) is 60.7 Å². The van der Waals surface area contributed by atoms with Crippen molar-refractivity contribution in [2.24, 2.45) is 5.92 Å². The molecular weight excluding hydrogens is 552 g/mol. The largest absolute Gasteiger partial charge is 0.339 e. The number of sulfonamides is 1. The summed E-state index contributed by atoms with van der Waals surface area (Å²) < 4.78 is 28.7. The Morgan fingerprint density at radius 3 is 2.12 bits per heavy atom. The number of amides is 3. The average Bonchev–Trinajstić information content (AvgIpc) is 3.00. The van der Waals surface area contributed by atoms with Gasteiger partial charge in [0.1, 0.15) is 5.92 Å². The molecule has 216 valence electrons. The van der Waals surface area contributed by atoms with Crippen molar-refractivity contribution >= 4 is 44.2 Å². The van der Waals surface area contributed by atoms with Crippen LogP contribution in [0.2, 0.25) is 0 Å². The van der Waals surface area contributed by atoms with Gasteiger partial charge < -0.3 is 15.1 Å². The standard InChI is InChI=1S/C32H32N4O5S/c1-35-17-19-36(20-18-35)32(39)29(21-23-11-14-27(15-12-23)33-30(37)25-8-3-2-4-9-25)31(38)34-42(40,41)28-16-13-24-7-5-6-10-26(24)22-28/h2-16,22,29H,17-21H2,1H3,(H,33,37)(H,34,38). The number of piperazine rings is 1. The lowest BCUT2D eigenvalue weighted by atomic mass is 9.96. The molecule has 0 aliphatic carbocycles. The lowest BCUT2D eigenvalue weighted by molar-refractivity contribution is -0.142. The zero-order valence-corrected chi connectivity index (χ0v) is 24.0. The minimum atomic E-state index is -4.23. The first kappa shape index (κ1) is 29.0. The number of likely N-dealkylation sites (N-methyl/N-ethyl adjacent to an activating group) is 1. The second-order valence-corrected chi connectivity index (χ2v) is 12.1. The van der Waals surface area contributed by atoms with E-state index >= 15 is 0 Å². The zero-order chi connectivity index (χ0) is 29.7. The number of hydrogen-bond donors (Lipinski definition) is 2. The summed E-state index contributed by atoms with van der Waals surface area (Å²) in [5.74, 6) is -2.82. The monoisotopic (exact) mass is 584 g/mol. The highest BCUT2D eigenvalue weighted by atomic mass is 32.2. The predicted octanol–water partition coefficient (Wildman–Crippen LogP) is 3.53. The molecule has 42 heavy (non-hydrogen) atoms. The van der Waals surface area contributed by atoms with E-state index in [0.717, 1.165) is 10.8 Å². The van der Waals surface area contributed by atoms with Gasteiger partial charge in [-0.25, -0.2) is 13.1 Å². The fourth-order valence-corrected chi connectivity index (χ4v) is 5.94. The lowest BCUT2D eigenvalue weighted by Crippen LogP contribution is -2.52. The van der Waals surface area contributed by atoms with E-state index in [1.54, 1.807) is 71.6 Å². The molecule has 1 aliphatic rings. The summed E-state index contributed by atoms with van der Waals surface area (Å²) in [4.78, 5) is 43.3. The van der Waals surface area contributed by atoms with Crippen molar-refractivity contribution in [3.8, 4) is 0 Å². The Bertz CT molecular complexity index is 1700. The van der Waals surface area contributed by atoms with Crippen LogP contribution in [0.5, 0.6) is 0 Å². The van der Waals surface area contributed by atoms with Gasteiger partial charge in [0, 0.05) is 37.4 Å². The van der Waals surface area contributed by atoms with E-state index in [4.69, 9.17) is 0 Å². The summed E-state index contributed by atoms with van der Waals surface area (Å²) >= 11 is 0. The molecule has 0 spiro atoms. The second kappa shape index (κ2) is 12.5. The third-order valence-electron chi connectivity index (χ3n) is 7.38. The Morgan fingerprint density at radius 1 is 0.786 bits per heavy atom. The number of benzene rings is 4. The predicted molar refractivity (Wildman–Crippen MR) is 161 cm³/mol. The molecule has 1 aliphatic heterocycles. The van der Waals surface area contributed by atoms with Crippen molar-refractivity contribution in [1.82, 2.24) is 14.5 Å². The van der Waals surface area contributed by atoms with Gasteiger partial charge in [0.15, 0.2) is 0 Å². The quantitative estimate of drug-likeness (QED) is 0.306. The first-order valence-electron chi connectivity index (χ1n) is 13.7. The van der Waals surface area contributed by atoms with Gasteiger partial charge in [-0.05, 0) is 66.2 Å². The second-order valence-electron chi connectivity index (χ2n) is 10.4. The van der Waals surface area contributed by atoms with Crippen LogP contribution in [0.4, 0.5) is 5.69 Å². The van der Waals surface area contributed by atoms with Crippen LogP contribution >= 0.6 is 0 Å². The Kier molecular flexibility index (Phi) is 8.65. The molecule has 1 fully saturated rings. The van der Waals surface area contributed by atoms with Crippen molar-refractivity contribution in [1.29, 1.82) is 0 Å². The molecule has 3 amide bonds. The van der Waals surface area contributed by atoms with Gasteiger partial charge in [0.05, 0.1) is 4.90 Å². The molecule has 1 saturated heterocycles. The van der Waals surface area contributed by atoms with E-state index in [0.29, 0.717) is 43.0 Å². The average molecular weight is 585 g/mol. The van der Waals surface area contributed by atoms with E-state index in [1.807, 2.05) is 25.2 Å². The number of anilines is 1. The highest BCUT2D eigenvalue weighted by Crippen LogP contribution is 2.21. The summed E-state index contributed by atoms with van der Waals surface area (Å²) in [6.07, 6.45) is -0.00282. The van der Waals surface area contributed by atoms with Crippen molar-refractivity contribution in [2.45, 2.75) is 11.3 Å². The van der Waals surface area contributed by atoms with Crippen molar-refractivity contribution in [2.75, 3.05) is 38.5 Å². The summed E-state index contributed by atoms with van der Waals surface area (Å²) in [6, 6.07) is 27.6. The topological polar surface area (TPSA) is 116 Å². The summed E-state index contributed by atoms with van der Waals surface area (Å²) in [5, 5.41) is 4.41. The number of rotatable bonds is 8. The molecule has 0 saturated carbocycles. The van der Waals surface area contributed by atoms with E-state index in [1.165, 1.54) is 12.1 Å². The molecule has 0 radical (unpaired) electrons. The molecule has 4 aromatic rings. The summed E-state index contributed by atoms with van der Waals surface area (Å²) in [7, 11) is -2.28. The molecule has 0 aromatic heterocycles. The minimum absolute atomic E-state index is 0.00282. The molecule has 10 heteroatoms. The van der Waals surface area contributed by atoms with Gasteiger partial charge in [0.2, 0.25) is 11.8 Å². The maximum atomic E-state index is 13.6. The maximum Gasteiger partial charge on any atom is 0.264 e. The van der Waals surface area contributed by atoms with Crippen LogP contribution in [0.15, 0.2) is 102 Å². The number of carbonyl (C=O) groups excluding carboxylic acids is 3. The number of nitrogens with one attached hydrogen (secondary N) is 2. The summed E-state index contributed by atoms with van der Waals surface area (Å²) in [6.45, 7) is 2.21. The molecule has 4 aromatic carbocycles. The number of nitrogens with zero attached hydrogens (tertiary/aromatic N) is 2. The molecule has 1 unspecified atom stereocenters. The molecule has 0 bridgehead atoms. The molecule has 1 atom stereocenters. The van der Waals surface area contributed by atoms with Gasteiger partial charge in [0.25, 0.3) is 15.9 Å². The van der Waals surface area contributed by atoms with Crippen LogP contribution in [-0.2, 0) is 26.0 Å². The van der Waals surface area contributed by atoms with Crippen molar-refractivity contribution in [3.05, 3.63) is 108 Å². The first-order chi connectivity index (χ1) is 20.2. The zero-order valence-electron chi connectivity index (χ0n) is 23.2. The lowest BCUT2D eigenvalue weighted by Gasteiger charge is -2.34. The molecule has 9 nitrogen and oxygen atoms in total. The fourth-order valence-electron chi connectivity index (χ4n) is 4.89.